The molecule has 2 aliphatic rings. The number of piperazine rings is 1. The predicted octanol–water partition coefficient (Wildman–Crippen LogP) is 4.44. The third-order valence-electron chi connectivity index (χ3n) is 7.22. The number of benzene rings is 2. The van der Waals surface area contributed by atoms with Gasteiger partial charge in [0.15, 0.2) is 11.6 Å². The molecule has 0 N–H and O–H groups in total. The fourth-order valence-electron chi connectivity index (χ4n) is 5.31. The average Bonchev–Trinajstić information content (AvgIpc) is 3.27. The lowest BCUT2D eigenvalue weighted by Crippen LogP contribution is -2.47. The summed E-state index contributed by atoms with van der Waals surface area (Å²) in [7, 11) is 0. The first-order valence-corrected chi connectivity index (χ1v) is 12.0. The number of carbonyl (C=O) groups is 2. The van der Waals surface area contributed by atoms with Crippen molar-refractivity contribution in [2.75, 3.05) is 37.6 Å². The van der Waals surface area contributed by atoms with E-state index < -0.39 is 10.8 Å². The molecule has 6 heteroatoms. The Morgan fingerprint density at radius 2 is 1.66 bits per heavy atom. The number of Topliss-reactive ketones (excluding diaryl/α,β-unsaturated/α-hetero) is 2. The van der Waals surface area contributed by atoms with Gasteiger partial charge in [-0.2, -0.15) is 4.37 Å². The van der Waals surface area contributed by atoms with Crippen molar-refractivity contribution in [1.29, 1.82) is 0 Å². The zero-order valence-electron chi connectivity index (χ0n) is 19.1. The van der Waals surface area contributed by atoms with Crippen LogP contribution in [0.3, 0.4) is 0 Å². The van der Waals surface area contributed by atoms with E-state index in [1.165, 1.54) is 10.4 Å². The molecule has 1 aromatic heterocycles. The Kier molecular flexibility index (Phi) is 4.98. The fourth-order valence-corrected chi connectivity index (χ4v) is 6.23. The van der Waals surface area contributed by atoms with Crippen LogP contribution in [0.4, 0.5) is 5.00 Å². The van der Waals surface area contributed by atoms with Crippen LogP contribution in [0.5, 0.6) is 0 Å². The van der Waals surface area contributed by atoms with E-state index in [1.54, 1.807) is 11.5 Å². The van der Waals surface area contributed by atoms with E-state index in [2.05, 4.69) is 32.4 Å². The normalized spacial score (nSPS) is 20.0. The van der Waals surface area contributed by atoms with Crippen LogP contribution >= 0.6 is 11.5 Å². The first-order valence-electron chi connectivity index (χ1n) is 11.2. The van der Waals surface area contributed by atoms with E-state index in [0.717, 1.165) is 42.8 Å². The highest BCUT2D eigenvalue weighted by Crippen LogP contribution is 2.46. The number of nitrogens with zero attached hydrogens (tertiary/aromatic N) is 3. The van der Waals surface area contributed by atoms with Gasteiger partial charge in [0.2, 0.25) is 0 Å². The second-order valence-corrected chi connectivity index (χ2v) is 10.8. The van der Waals surface area contributed by atoms with Crippen molar-refractivity contribution in [3.63, 3.8) is 0 Å². The summed E-state index contributed by atoms with van der Waals surface area (Å²) in [6.45, 7) is 11.8. The molecule has 0 spiro atoms. The molecule has 1 saturated heterocycles. The summed E-state index contributed by atoms with van der Waals surface area (Å²) in [5, 5.41) is 2.43. The first kappa shape index (κ1) is 21.3. The second kappa shape index (κ2) is 7.49. The van der Waals surface area contributed by atoms with Crippen LogP contribution in [-0.2, 0) is 15.6 Å². The lowest BCUT2D eigenvalue weighted by atomic mass is 9.80. The zero-order valence-corrected chi connectivity index (χ0v) is 20.0. The van der Waals surface area contributed by atoms with Crippen LogP contribution < -0.4 is 4.90 Å². The lowest BCUT2D eigenvalue weighted by Gasteiger charge is -2.34. The molecule has 2 aromatic carbocycles. The number of fused-ring (bicyclic) bond motifs is 2. The van der Waals surface area contributed by atoms with E-state index >= 15 is 0 Å². The van der Waals surface area contributed by atoms with Gasteiger partial charge in [-0.3, -0.25) is 14.5 Å². The molecule has 0 amide bonds. The number of carbonyl (C=O) groups excluding carboxylic acids is 2. The molecule has 5 rings (SSSR count). The minimum atomic E-state index is -0.557. The van der Waals surface area contributed by atoms with Crippen molar-refractivity contribution >= 4 is 39.0 Å². The van der Waals surface area contributed by atoms with Gasteiger partial charge in [0.1, 0.15) is 5.00 Å². The topological polar surface area (TPSA) is 53.5 Å². The van der Waals surface area contributed by atoms with E-state index in [-0.39, 0.29) is 11.6 Å². The number of rotatable bonds is 4. The summed E-state index contributed by atoms with van der Waals surface area (Å²) < 4.78 is 4.56. The third-order valence-corrected chi connectivity index (χ3v) is 8.15. The number of anilines is 1. The summed E-state index contributed by atoms with van der Waals surface area (Å²) >= 11 is 1.56. The predicted molar refractivity (Wildman–Crippen MR) is 130 cm³/mol. The highest BCUT2D eigenvalue weighted by Gasteiger charge is 2.50. The third kappa shape index (κ3) is 3.28. The molecule has 2 heterocycles. The summed E-state index contributed by atoms with van der Waals surface area (Å²) in [5.41, 5.74) is 2.75. The van der Waals surface area contributed by atoms with Gasteiger partial charge in [-0.25, -0.2) is 0 Å². The summed E-state index contributed by atoms with van der Waals surface area (Å²) in [6.07, 6.45) is 0. The van der Waals surface area contributed by atoms with Crippen LogP contribution in [0.15, 0.2) is 42.5 Å². The van der Waals surface area contributed by atoms with Crippen molar-refractivity contribution < 1.29 is 9.59 Å². The monoisotopic (exact) mass is 447 g/mol. The van der Waals surface area contributed by atoms with Gasteiger partial charge >= 0.3 is 0 Å². The minimum absolute atomic E-state index is 0.123. The maximum Gasteiger partial charge on any atom is 0.176 e. The Bertz CT molecular complexity index is 1220. The average molecular weight is 448 g/mol. The van der Waals surface area contributed by atoms with Gasteiger partial charge in [0, 0.05) is 48.0 Å². The van der Waals surface area contributed by atoms with Crippen LogP contribution in [0.1, 0.15) is 49.2 Å². The molecule has 3 aromatic rings. The van der Waals surface area contributed by atoms with E-state index in [1.807, 2.05) is 52.0 Å². The summed E-state index contributed by atoms with van der Waals surface area (Å²) in [5.74, 6) is 0.341. The molecule has 0 atom stereocenters. The molecule has 0 bridgehead atoms. The zero-order chi connectivity index (χ0) is 22.7. The second-order valence-electron chi connectivity index (χ2n) is 10.0. The van der Waals surface area contributed by atoms with Crippen LogP contribution in [0.25, 0.3) is 10.9 Å². The Labute approximate surface area is 193 Å². The maximum atomic E-state index is 13.1. The van der Waals surface area contributed by atoms with Gasteiger partial charge < -0.3 is 4.90 Å². The molecule has 32 heavy (non-hydrogen) atoms. The maximum absolute atomic E-state index is 13.1. The van der Waals surface area contributed by atoms with E-state index in [4.69, 9.17) is 0 Å². The quantitative estimate of drug-likeness (QED) is 0.554. The van der Waals surface area contributed by atoms with Crippen molar-refractivity contribution in [1.82, 2.24) is 9.27 Å². The molecule has 1 aliphatic heterocycles. The Morgan fingerprint density at radius 3 is 2.41 bits per heavy atom. The highest BCUT2D eigenvalue weighted by atomic mass is 32.1. The highest BCUT2D eigenvalue weighted by molar-refractivity contribution is 7.11. The molecule has 5 nitrogen and oxygen atoms in total. The van der Waals surface area contributed by atoms with E-state index in [0.29, 0.717) is 12.1 Å². The lowest BCUT2D eigenvalue weighted by molar-refractivity contribution is -0.126. The standard InChI is InChI=1S/C26H29N3O2S/c1-25(2)19-10-9-17(15-20(19)26(3,4)24(25)31)22(30)16-28-11-13-29(14-12-28)23-18-7-5-6-8-21(18)27-32-23/h5-10,15H,11-14,16H2,1-4H3. The van der Waals surface area contributed by atoms with Crippen molar-refractivity contribution in [2.45, 2.75) is 38.5 Å². The summed E-state index contributed by atoms with van der Waals surface area (Å²) in [6, 6.07) is 14.1. The number of hydrogen-bond donors (Lipinski definition) is 0. The van der Waals surface area contributed by atoms with Crippen LogP contribution in [0, 0.1) is 0 Å². The van der Waals surface area contributed by atoms with Crippen LogP contribution in [-0.4, -0.2) is 53.6 Å². The van der Waals surface area contributed by atoms with Crippen molar-refractivity contribution in [3.8, 4) is 0 Å². The van der Waals surface area contributed by atoms with Gasteiger partial charge in [-0.05, 0) is 68.6 Å². The SMILES string of the molecule is CC1(C)C(=O)C(C)(C)c2cc(C(=O)CN3CCN(c4snc5ccccc45)CC3)ccc21. The Morgan fingerprint density at radius 1 is 0.969 bits per heavy atom. The first-order chi connectivity index (χ1) is 15.2. The molecular formula is C26H29N3O2S. The van der Waals surface area contributed by atoms with Gasteiger partial charge in [0.05, 0.1) is 12.1 Å². The number of aromatic nitrogens is 1. The van der Waals surface area contributed by atoms with Crippen molar-refractivity contribution in [3.05, 3.63) is 59.2 Å². The van der Waals surface area contributed by atoms with Gasteiger partial charge in [-0.15, -0.1) is 0 Å². The fraction of sp³-hybridized carbons (Fsp3) is 0.423. The molecule has 0 unspecified atom stereocenters. The van der Waals surface area contributed by atoms with Gasteiger partial charge in [0.25, 0.3) is 0 Å². The number of hydrogen-bond acceptors (Lipinski definition) is 6. The van der Waals surface area contributed by atoms with Gasteiger partial charge in [-0.1, -0.05) is 24.3 Å². The minimum Gasteiger partial charge on any atom is -0.359 e. The van der Waals surface area contributed by atoms with Crippen LogP contribution in [0.2, 0.25) is 0 Å². The van der Waals surface area contributed by atoms with E-state index in [9.17, 15) is 9.59 Å². The molecule has 166 valence electrons. The molecular weight excluding hydrogens is 418 g/mol. The van der Waals surface area contributed by atoms with Crippen molar-refractivity contribution in [2.24, 2.45) is 0 Å². The molecule has 1 fully saturated rings. The molecule has 0 saturated carbocycles. The Hall–Kier alpha value is -2.57. The Balaban J connectivity index is 1.27. The smallest absolute Gasteiger partial charge is 0.176 e. The number of ketones is 2. The largest absolute Gasteiger partial charge is 0.359 e. The summed E-state index contributed by atoms with van der Waals surface area (Å²) in [4.78, 5) is 30.6. The molecule has 1 aliphatic carbocycles. The molecule has 0 radical (unpaired) electrons.